The van der Waals surface area contributed by atoms with E-state index in [9.17, 15) is 8.42 Å². The van der Waals surface area contributed by atoms with Crippen molar-refractivity contribution in [3.8, 4) is 0 Å². The van der Waals surface area contributed by atoms with Gasteiger partial charge in [0.2, 0.25) is 0 Å². The molecule has 0 heterocycles. The second-order valence-electron chi connectivity index (χ2n) is 5.23. The minimum atomic E-state index is -3.58. The summed E-state index contributed by atoms with van der Waals surface area (Å²) in [6.07, 6.45) is 1.68. The Kier molecular flexibility index (Phi) is 6.23. The summed E-state index contributed by atoms with van der Waals surface area (Å²) in [5.74, 6) is 0. The third-order valence-electron chi connectivity index (χ3n) is 3.43. The van der Waals surface area contributed by atoms with E-state index in [0.29, 0.717) is 5.54 Å². The lowest BCUT2D eigenvalue weighted by Gasteiger charge is -2.15. The summed E-state index contributed by atoms with van der Waals surface area (Å²) in [5.41, 5.74) is 1.77. The quantitative estimate of drug-likeness (QED) is 0.441. The predicted molar refractivity (Wildman–Crippen MR) is 81.8 cm³/mol. The maximum atomic E-state index is 11.9. The molecule has 1 rings (SSSR count). The van der Waals surface area contributed by atoms with Crippen molar-refractivity contribution in [1.82, 2.24) is 0 Å². The summed E-state index contributed by atoms with van der Waals surface area (Å²) < 4.78 is 28.8. The molecule has 19 heavy (non-hydrogen) atoms. The molecule has 0 fully saturated rings. The van der Waals surface area contributed by atoms with Crippen LogP contribution in [0.1, 0.15) is 37.8 Å². The van der Waals surface area contributed by atoms with Crippen LogP contribution in [0.5, 0.6) is 0 Å². The Morgan fingerprint density at radius 1 is 1.21 bits per heavy atom. The van der Waals surface area contributed by atoms with E-state index in [-0.39, 0.29) is 11.5 Å². The molecule has 5 heteroatoms. The largest absolute Gasteiger partial charge is 0.296 e. The lowest BCUT2D eigenvalue weighted by atomic mass is 10.2. The SMILES string of the molecule is CCCCOS(=O)(=O)c1ccc(C(C)[SiH](C)C)cc1. The topological polar surface area (TPSA) is 43.4 Å². The minimum absolute atomic E-state index is 0.255. The fraction of sp³-hybridized carbons (Fsp3) is 0.571. The molecule has 0 aliphatic heterocycles. The molecule has 108 valence electrons. The fourth-order valence-electron chi connectivity index (χ4n) is 1.70. The molecular formula is C14H24O3SSi. The van der Waals surface area contributed by atoms with Gasteiger partial charge in [-0.15, -0.1) is 0 Å². The molecule has 0 saturated heterocycles. The first kappa shape index (κ1) is 16.4. The van der Waals surface area contributed by atoms with Crippen molar-refractivity contribution in [3.63, 3.8) is 0 Å². The van der Waals surface area contributed by atoms with Crippen LogP contribution in [0.3, 0.4) is 0 Å². The first-order chi connectivity index (χ1) is 8.88. The molecule has 0 aliphatic rings. The van der Waals surface area contributed by atoms with Crippen molar-refractivity contribution in [3.05, 3.63) is 29.8 Å². The van der Waals surface area contributed by atoms with Gasteiger partial charge in [0.15, 0.2) is 0 Å². The monoisotopic (exact) mass is 300 g/mol. The predicted octanol–water partition coefficient (Wildman–Crippen LogP) is 3.32. The highest BCUT2D eigenvalue weighted by molar-refractivity contribution is 7.86. The average molecular weight is 300 g/mol. The van der Waals surface area contributed by atoms with Gasteiger partial charge in [0, 0.05) is 8.80 Å². The van der Waals surface area contributed by atoms with Gasteiger partial charge in [-0.1, -0.05) is 45.5 Å². The molecule has 1 aromatic rings. The molecule has 3 nitrogen and oxygen atoms in total. The van der Waals surface area contributed by atoms with E-state index < -0.39 is 18.9 Å². The second-order valence-corrected chi connectivity index (χ2v) is 10.3. The summed E-state index contributed by atoms with van der Waals surface area (Å²) in [7, 11) is -4.34. The van der Waals surface area contributed by atoms with Gasteiger partial charge in [-0.2, -0.15) is 8.42 Å². The van der Waals surface area contributed by atoms with Gasteiger partial charge < -0.3 is 0 Å². The molecule has 0 bridgehead atoms. The zero-order valence-corrected chi connectivity index (χ0v) is 14.2. The number of rotatable bonds is 7. The van der Waals surface area contributed by atoms with Gasteiger partial charge in [0.05, 0.1) is 11.5 Å². The lowest BCUT2D eigenvalue weighted by Crippen LogP contribution is -2.13. The van der Waals surface area contributed by atoms with E-state index in [4.69, 9.17) is 4.18 Å². The van der Waals surface area contributed by atoms with Crippen molar-refractivity contribution < 1.29 is 12.6 Å². The van der Waals surface area contributed by atoms with Crippen LogP contribution in [-0.2, 0) is 14.3 Å². The van der Waals surface area contributed by atoms with E-state index >= 15 is 0 Å². The average Bonchev–Trinajstić information content (AvgIpc) is 2.38. The van der Waals surface area contributed by atoms with E-state index in [0.717, 1.165) is 12.8 Å². The highest BCUT2D eigenvalue weighted by atomic mass is 32.2. The molecule has 1 aromatic carbocycles. The smallest absolute Gasteiger partial charge is 0.266 e. The number of hydrogen-bond donors (Lipinski definition) is 0. The van der Waals surface area contributed by atoms with Gasteiger partial charge in [0.1, 0.15) is 0 Å². The van der Waals surface area contributed by atoms with Crippen molar-refractivity contribution in [1.29, 1.82) is 0 Å². The first-order valence-electron chi connectivity index (χ1n) is 6.88. The summed E-state index contributed by atoms with van der Waals surface area (Å²) in [5, 5.41) is 0. The molecule has 0 spiro atoms. The standard InChI is InChI=1S/C14H24O3SSi/c1-5-6-11-17-18(15,16)14-9-7-13(8-10-14)12(2)19(3)4/h7-10,12,19H,5-6,11H2,1-4H3. The maximum absolute atomic E-state index is 11.9. The molecule has 0 aliphatic carbocycles. The molecular weight excluding hydrogens is 276 g/mol. The van der Waals surface area contributed by atoms with Crippen LogP contribution in [-0.4, -0.2) is 23.8 Å². The van der Waals surface area contributed by atoms with Crippen molar-refractivity contribution in [2.45, 2.75) is 50.2 Å². The van der Waals surface area contributed by atoms with Crippen LogP contribution in [0.15, 0.2) is 29.2 Å². The van der Waals surface area contributed by atoms with Gasteiger partial charge in [-0.25, -0.2) is 0 Å². The normalized spacial score (nSPS) is 13.7. The molecule has 0 N–H and O–H groups in total. The lowest BCUT2D eigenvalue weighted by molar-refractivity contribution is 0.311. The molecule has 1 unspecified atom stereocenters. The Hall–Kier alpha value is -0.653. The zero-order chi connectivity index (χ0) is 14.5. The third kappa shape index (κ3) is 4.74. The third-order valence-corrected chi connectivity index (χ3v) is 7.14. The molecule has 0 amide bonds. The molecule has 1 atom stereocenters. The van der Waals surface area contributed by atoms with E-state index in [1.165, 1.54) is 5.56 Å². The Bertz CT molecular complexity index is 480. The Balaban J connectivity index is 2.81. The second kappa shape index (κ2) is 7.22. The van der Waals surface area contributed by atoms with Crippen LogP contribution in [0.2, 0.25) is 13.1 Å². The van der Waals surface area contributed by atoms with Gasteiger partial charge in [0.25, 0.3) is 10.1 Å². The fourth-order valence-corrected chi connectivity index (χ4v) is 3.64. The van der Waals surface area contributed by atoms with Gasteiger partial charge in [-0.05, 0) is 29.7 Å². The van der Waals surface area contributed by atoms with Crippen LogP contribution in [0.4, 0.5) is 0 Å². The Labute approximate surface area is 118 Å². The first-order valence-corrected chi connectivity index (χ1v) is 11.3. The number of unbranched alkanes of at least 4 members (excludes halogenated alkanes) is 1. The Morgan fingerprint density at radius 3 is 2.26 bits per heavy atom. The molecule has 0 radical (unpaired) electrons. The van der Waals surface area contributed by atoms with Crippen LogP contribution < -0.4 is 0 Å². The van der Waals surface area contributed by atoms with Crippen molar-refractivity contribution in [2.75, 3.05) is 6.61 Å². The molecule has 0 saturated carbocycles. The van der Waals surface area contributed by atoms with E-state index in [1.807, 2.05) is 19.1 Å². The highest BCUT2D eigenvalue weighted by Crippen LogP contribution is 2.21. The van der Waals surface area contributed by atoms with Gasteiger partial charge in [-0.3, -0.25) is 4.18 Å². The van der Waals surface area contributed by atoms with Crippen LogP contribution in [0.25, 0.3) is 0 Å². The summed E-state index contributed by atoms with van der Waals surface area (Å²) in [6.45, 7) is 9.06. The minimum Gasteiger partial charge on any atom is -0.266 e. The van der Waals surface area contributed by atoms with E-state index in [2.05, 4.69) is 20.0 Å². The van der Waals surface area contributed by atoms with Crippen molar-refractivity contribution in [2.24, 2.45) is 0 Å². The molecule has 0 aromatic heterocycles. The summed E-state index contributed by atoms with van der Waals surface area (Å²) in [4.78, 5) is 0.255. The number of benzene rings is 1. The Morgan fingerprint density at radius 2 is 1.79 bits per heavy atom. The highest BCUT2D eigenvalue weighted by Gasteiger charge is 2.16. The zero-order valence-electron chi connectivity index (χ0n) is 12.2. The van der Waals surface area contributed by atoms with Crippen LogP contribution in [0, 0.1) is 0 Å². The maximum Gasteiger partial charge on any atom is 0.296 e. The number of hydrogen-bond acceptors (Lipinski definition) is 3. The summed E-state index contributed by atoms with van der Waals surface area (Å²) in [6, 6.07) is 7.13. The van der Waals surface area contributed by atoms with Crippen LogP contribution >= 0.6 is 0 Å². The van der Waals surface area contributed by atoms with Gasteiger partial charge >= 0.3 is 0 Å². The van der Waals surface area contributed by atoms with Crippen molar-refractivity contribution >= 4 is 18.9 Å². The van der Waals surface area contributed by atoms with E-state index in [1.54, 1.807) is 12.1 Å². The summed E-state index contributed by atoms with van der Waals surface area (Å²) >= 11 is 0.